The normalized spacial score (nSPS) is 10.9. The molecule has 0 saturated heterocycles. The number of benzene rings is 2. The molecule has 0 atom stereocenters. The lowest BCUT2D eigenvalue weighted by molar-refractivity contribution is -0.113. The third-order valence-electron chi connectivity index (χ3n) is 5.06. The molecule has 0 bridgehead atoms. The van der Waals surface area contributed by atoms with Crippen LogP contribution < -0.4 is 5.32 Å². The van der Waals surface area contributed by atoms with Gasteiger partial charge in [-0.3, -0.25) is 4.79 Å². The lowest BCUT2D eigenvalue weighted by Crippen LogP contribution is -2.14. The summed E-state index contributed by atoms with van der Waals surface area (Å²) in [4.78, 5) is 17.9. The molecule has 2 aromatic carbocycles. The van der Waals surface area contributed by atoms with Crippen molar-refractivity contribution in [2.75, 3.05) is 11.1 Å². The summed E-state index contributed by atoms with van der Waals surface area (Å²) in [6, 6.07) is 16.1. The van der Waals surface area contributed by atoms with Crippen LogP contribution in [0.4, 0.5) is 5.13 Å². The first-order valence-electron chi connectivity index (χ1n) is 10.7. The molecule has 0 unspecified atom stereocenters. The van der Waals surface area contributed by atoms with E-state index in [4.69, 9.17) is 11.6 Å². The molecule has 9 heteroatoms. The standard InChI is InChI=1S/C25H24ClN5OS2/c1-3-11-31-22(14-18-7-5-4-6-8-18)29-30-25(31)33-16-23(32)28-24-27-15-20(34-24)12-19-10-9-17(2)21(26)13-19/h3-10,13,15H,1,11-12,14,16H2,2H3,(H,27,28,32). The fraction of sp³-hybridized carbons (Fsp3) is 0.200. The van der Waals surface area contributed by atoms with Crippen LogP contribution in [0.5, 0.6) is 0 Å². The number of aryl methyl sites for hydroxylation is 1. The zero-order chi connectivity index (χ0) is 23.9. The summed E-state index contributed by atoms with van der Waals surface area (Å²) in [5.74, 6) is 0.917. The minimum atomic E-state index is -0.137. The summed E-state index contributed by atoms with van der Waals surface area (Å²) in [7, 11) is 0. The number of aromatic nitrogens is 4. The lowest BCUT2D eigenvalue weighted by atomic mass is 10.1. The van der Waals surface area contributed by atoms with Gasteiger partial charge in [0.15, 0.2) is 10.3 Å². The molecule has 0 radical (unpaired) electrons. The van der Waals surface area contributed by atoms with Gasteiger partial charge in [-0.05, 0) is 29.7 Å². The monoisotopic (exact) mass is 509 g/mol. The first-order valence-corrected chi connectivity index (χ1v) is 12.9. The van der Waals surface area contributed by atoms with E-state index in [1.807, 2.05) is 41.8 Å². The molecular formula is C25H24ClN5OS2. The van der Waals surface area contributed by atoms with Crippen LogP contribution in [-0.2, 0) is 24.2 Å². The molecule has 2 heterocycles. The van der Waals surface area contributed by atoms with Gasteiger partial charge in [-0.1, -0.05) is 71.9 Å². The number of nitrogens with zero attached hydrogens (tertiary/aromatic N) is 4. The predicted octanol–water partition coefficient (Wildman–Crippen LogP) is 5.79. The van der Waals surface area contributed by atoms with Gasteiger partial charge < -0.3 is 9.88 Å². The third-order valence-corrected chi connectivity index (χ3v) is 7.34. The molecule has 1 amide bonds. The van der Waals surface area contributed by atoms with E-state index < -0.39 is 0 Å². The van der Waals surface area contributed by atoms with E-state index in [0.717, 1.165) is 38.8 Å². The Hall–Kier alpha value is -2.94. The fourth-order valence-corrected chi connectivity index (χ4v) is 5.16. The Bertz CT molecular complexity index is 1290. The van der Waals surface area contributed by atoms with E-state index in [2.05, 4.69) is 45.3 Å². The maximum Gasteiger partial charge on any atom is 0.236 e. The van der Waals surface area contributed by atoms with Crippen LogP contribution >= 0.6 is 34.7 Å². The molecule has 1 N–H and O–H groups in total. The second kappa shape index (κ2) is 11.5. The van der Waals surface area contributed by atoms with Crippen molar-refractivity contribution in [3.63, 3.8) is 0 Å². The highest BCUT2D eigenvalue weighted by atomic mass is 35.5. The number of rotatable bonds is 10. The molecule has 4 aromatic rings. The van der Waals surface area contributed by atoms with Crippen molar-refractivity contribution < 1.29 is 4.79 Å². The number of thiazole rings is 1. The number of hydrogen-bond acceptors (Lipinski definition) is 6. The maximum atomic E-state index is 12.5. The highest BCUT2D eigenvalue weighted by molar-refractivity contribution is 7.99. The van der Waals surface area contributed by atoms with E-state index in [1.54, 1.807) is 12.3 Å². The summed E-state index contributed by atoms with van der Waals surface area (Å²) in [6.07, 6.45) is 4.98. The first kappa shape index (κ1) is 24.2. The van der Waals surface area contributed by atoms with Crippen molar-refractivity contribution in [3.05, 3.63) is 99.8 Å². The Balaban J connectivity index is 1.34. The number of carbonyl (C=O) groups excluding carboxylic acids is 1. The Kier molecular flexibility index (Phi) is 8.16. The molecule has 6 nitrogen and oxygen atoms in total. The first-order chi connectivity index (χ1) is 16.5. The SMILES string of the molecule is C=CCn1c(Cc2ccccc2)nnc1SCC(=O)Nc1ncc(Cc2ccc(C)c(Cl)c2)s1. The largest absolute Gasteiger partial charge is 0.302 e. The highest BCUT2D eigenvalue weighted by Crippen LogP contribution is 2.25. The number of carbonyl (C=O) groups is 1. The van der Waals surface area contributed by atoms with Gasteiger partial charge in [0.1, 0.15) is 5.82 Å². The second-order valence-electron chi connectivity index (χ2n) is 7.69. The minimum absolute atomic E-state index is 0.137. The number of nitrogens with one attached hydrogen (secondary N) is 1. The summed E-state index contributed by atoms with van der Waals surface area (Å²) in [6.45, 7) is 6.40. The van der Waals surface area contributed by atoms with Crippen molar-refractivity contribution >= 4 is 45.7 Å². The van der Waals surface area contributed by atoms with Gasteiger partial charge >= 0.3 is 0 Å². The van der Waals surface area contributed by atoms with E-state index >= 15 is 0 Å². The van der Waals surface area contributed by atoms with Gasteiger partial charge in [-0.2, -0.15) is 0 Å². The van der Waals surface area contributed by atoms with Crippen LogP contribution in [0.15, 0.2) is 72.5 Å². The Morgan fingerprint density at radius 3 is 2.76 bits per heavy atom. The average molecular weight is 510 g/mol. The molecule has 2 aromatic heterocycles. The minimum Gasteiger partial charge on any atom is -0.302 e. The third kappa shape index (κ3) is 6.34. The van der Waals surface area contributed by atoms with Gasteiger partial charge in [0.2, 0.25) is 5.91 Å². The van der Waals surface area contributed by atoms with Crippen LogP contribution in [0.2, 0.25) is 5.02 Å². The number of halogens is 1. The smallest absolute Gasteiger partial charge is 0.236 e. The van der Waals surface area contributed by atoms with E-state index in [1.165, 1.54) is 23.1 Å². The van der Waals surface area contributed by atoms with Gasteiger partial charge in [0.05, 0.1) is 5.75 Å². The van der Waals surface area contributed by atoms with Crippen molar-refractivity contribution in [3.8, 4) is 0 Å². The Morgan fingerprint density at radius 2 is 2.00 bits per heavy atom. The molecule has 0 spiro atoms. The Labute approximate surface area is 212 Å². The molecule has 0 fully saturated rings. The number of allylic oxidation sites excluding steroid dienone is 1. The molecule has 0 aliphatic heterocycles. The Morgan fingerprint density at radius 1 is 1.18 bits per heavy atom. The van der Waals surface area contributed by atoms with E-state index in [-0.39, 0.29) is 11.7 Å². The summed E-state index contributed by atoms with van der Waals surface area (Å²) in [5, 5.41) is 13.5. The molecular weight excluding hydrogens is 486 g/mol. The van der Waals surface area contributed by atoms with Gasteiger partial charge in [0, 0.05) is 35.5 Å². The quantitative estimate of drug-likeness (QED) is 0.216. The van der Waals surface area contributed by atoms with Crippen LogP contribution in [0.1, 0.15) is 27.4 Å². The number of amides is 1. The summed E-state index contributed by atoms with van der Waals surface area (Å²) in [5.41, 5.74) is 3.32. The number of hydrogen-bond donors (Lipinski definition) is 1. The molecule has 0 saturated carbocycles. The van der Waals surface area contributed by atoms with Gasteiger partial charge in [-0.15, -0.1) is 28.1 Å². The van der Waals surface area contributed by atoms with Crippen molar-refractivity contribution in [1.29, 1.82) is 0 Å². The fourth-order valence-electron chi connectivity index (χ4n) is 3.33. The van der Waals surface area contributed by atoms with Crippen molar-refractivity contribution in [2.24, 2.45) is 0 Å². The topological polar surface area (TPSA) is 72.7 Å². The molecule has 174 valence electrons. The van der Waals surface area contributed by atoms with Gasteiger partial charge in [-0.25, -0.2) is 4.98 Å². The van der Waals surface area contributed by atoms with E-state index in [0.29, 0.717) is 23.3 Å². The van der Waals surface area contributed by atoms with Crippen LogP contribution in [0, 0.1) is 6.92 Å². The zero-order valence-electron chi connectivity index (χ0n) is 18.7. The van der Waals surface area contributed by atoms with Crippen LogP contribution in [0.3, 0.4) is 0 Å². The molecule has 4 rings (SSSR count). The summed E-state index contributed by atoms with van der Waals surface area (Å²) < 4.78 is 1.99. The molecule has 0 aliphatic rings. The van der Waals surface area contributed by atoms with Crippen molar-refractivity contribution in [2.45, 2.75) is 31.5 Å². The number of thioether (sulfide) groups is 1. The maximum absolute atomic E-state index is 12.5. The van der Waals surface area contributed by atoms with Crippen LogP contribution in [-0.4, -0.2) is 31.4 Å². The highest BCUT2D eigenvalue weighted by Gasteiger charge is 2.15. The lowest BCUT2D eigenvalue weighted by Gasteiger charge is -2.07. The molecule has 34 heavy (non-hydrogen) atoms. The van der Waals surface area contributed by atoms with Crippen molar-refractivity contribution in [1.82, 2.24) is 19.7 Å². The molecule has 0 aliphatic carbocycles. The number of anilines is 1. The van der Waals surface area contributed by atoms with Crippen LogP contribution in [0.25, 0.3) is 0 Å². The summed E-state index contributed by atoms with van der Waals surface area (Å²) >= 11 is 9.04. The van der Waals surface area contributed by atoms with E-state index in [9.17, 15) is 4.79 Å². The second-order valence-corrected chi connectivity index (χ2v) is 10.2. The average Bonchev–Trinajstić information content (AvgIpc) is 3.42. The zero-order valence-corrected chi connectivity index (χ0v) is 21.1. The van der Waals surface area contributed by atoms with Gasteiger partial charge in [0.25, 0.3) is 0 Å². The predicted molar refractivity (Wildman–Crippen MR) is 140 cm³/mol.